The molecular weight excluding hydrogens is 219 g/mol. The van der Waals surface area contributed by atoms with E-state index in [1.807, 2.05) is 18.2 Å². The van der Waals surface area contributed by atoms with E-state index in [9.17, 15) is 0 Å². The van der Waals surface area contributed by atoms with Crippen LogP contribution in [0.1, 0.15) is 0 Å². The summed E-state index contributed by atoms with van der Waals surface area (Å²) in [7, 11) is 0. The molecule has 2 rings (SSSR count). The standard InChI is InChI=1S/C10H6Cl2N2/c11-7-4-6-14-10(12)9(7)8-3-1-2-5-13-8/h1-6H. The molecule has 0 radical (unpaired) electrons. The molecule has 2 aromatic heterocycles. The molecule has 2 nitrogen and oxygen atoms in total. The summed E-state index contributed by atoms with van der Waals surface area (Å²) in [5.74, 6) is 0. The van der Waals surface area contributed by atoms with Crippen molar-refractivity contribution in [3.05, 3.63) is 46.8 Å². The molecule has 0 aromatic carbocycles. The highest BCUT2D eigenvalue weighted by molar-refractivity contribution is 6.38. The number of aromatic nitrogens is 2. The lowest BCUT2D eigenvalue weighted by Crippen LogP contribution is -1.86. The van der Waals surface area contributed by atoms with Gasteiger partial charge in [0.2, 0.25) is 0 Å². The number of pyridine rings is 2. The third kappa shape index (κ3) is 1.72. The van der Waals surface area contributed by atoms with Crippen molar-refractivity contribution in [1.82, 2.24) is 9.97 Å². The van der Waals surface area contributed by atoms with Gasteiger partial charge in [0.05, 0.1) is 16.3 Å². The Morgan fingerprint density at radius 2 is 1.79 bits per heavy atom. The number of hydrogen-bond donors (Lipinski definition) is 0. The Bertz CT molecular complexity index is 423. The third-order valence-electron chi connectivity index (χ3n) is 1.77. The molecule has 0 saturated heterocycles. The van der Waals surface area contributed by atoms with E-state index in [0.29, 0.717) is 15.7 Å². The van der Waals surface area contributed by atoms with Gasteiger partial charge in [-0.1, -0.05) is 29.3 Å². The van der Waals surface area contributed by atoms with Gasteiger partial charge in [0.1, 0.15) is 5.15 Å². The monoisotopic (exact) mass is 224 g/mol. The van der Waals surface area contributed by atoms with Crippen LogP contribution in [0.15, 0.2) is 36.7 Å². The van der Waals surface area contributed by atoms with Gasteiger partial charge in [-0.15, -0.1) is 0 Å². The summed E-state index contributed by atoms with van der Waals surface area (Å²) in [6.45, 7) is 0. The smallest absolute Gasteiger partial charge is 0.139 e. The van der Waals surface area contributed by atoms with E-state index in [0.717, 1.165) is 5.69 Å². The molecule has 0 atom stereocenters. The Hall–Kier alpha value is -1.12. The first-order chi connectivity index (χ1) is 6.79. The number of rotatable bonds is 1. The fourth-order valence-corrected chi connectivity index (χ4v) is 1.70. The molecule has 0 spiro atoms. The van der Waals surface area contributed by atoms with Crippen molar-refractivity contribution < 1.29 is 0 Å². The summed E-state index contributed by atoms with van der Waals surface area (Å²) < 4.78 is 0. The molecule has 0 aliphatic rings. The number of hydrogen-bond acceptors (Lipinski definition) is 2. The topological polar surface area (TPSA) is 25.8 Å². The van der Waals surface area contributed by atoms with Gasteiger partial charge < -0.3 is 0 Å². The summed E-state index contributed by atoms with van der Waals surface area (Å²) in [5.41, 5.74) is 1.41. The number of nitrogens with zero attached hydrogens (tertiary/aromatic N) is 2. The zero-order valence-corrected chi connectivity index (χ0v) is 8.63. The second-order valence-corrected chi connectivity index (χ2v) is 3.44. The molecule has 2 aromatic rings. The fourth-order valence-electron chi connectivity index (χ4n) is 1.15. The molecule has 14 heavy (non-hydrogen) atoms. The quantitative estimate of drug-likeness (QED) is 0.694. The third-order valence-corrected chi connectivity index (χ3v) is 2.38. The highest BCUT2D eigenvalue weighted by Gasteiger charge is 2.09. The van der Waals surface area contributed by atoms with Crippen molar-refractivity contribution in [3.8, 4) is 11.3 Å². The van der Waals surface area contributed by atoms with E-state index in [4.69, 9.17) is 23.2 Å². The van der Waals surface area contributed by atoms with Gasteiger partial charge in [-0.2, -0.15) is 0 Å². The lowest BCUT2D eigenvalue weighted by molar-refractivity contribution is 1.28. The first kappa shape index (κ1) is 9.44. The summed E-state index contributed by atoms with van der Waals surface area (Å²) in [6.07, 6.45) is 3.26. The van der Waals surface area contributed by atoms with E-state index in [2.05, 4.69) is 9.97 Å². The molecule has 0 bridgehead atoms. The van der Waals surface area contributed by atoms with Gasteiger partial charge in [0.25, 0.3) is 0 Å². The molecule has 4 heteroatoms. The summed E-state index contributed by atoms with van der Waals surface area (Å²) >= 11 is 11.9. The molecule has 70 valence electrons. The Balaban J connectivity index is 2.63. The fraction of sp³-hybridized carbons (Fsp3) is 0. The molecular formula is C10H6Cl2N2. The maximum atomic E-state index is 6.00. The Labute approximate surface area is 91.5 Å². The van der Waals surface area contributed by atoms with E-state index in [-0.39, 0.29) is 0 Å². The Morgan fingerprint density at radius 3 is 2.43 bits per heavy atom. The van der Waals surface area contributed by atoms with Crippen LogP contribution in [0.4, 0.5) is 0 Å². The van der Waals surface area contributed by atoms with Gasteiger partial charge in [-0.3, -0.25) is 4.98 Å². The average molecular weight is 225 g/mol. The largest absolute Gasteiger partial charge is 0.256 e. The van der Waals surface area contributed by atoms with Crippen molar-refractivity contribution in [3.63, 3.8) is 0 Å². The lowest BCUT2D eigenvalue weighted by atomic mass is 10.2. The van der Waals surface area contributed by atoms with E-state index in [1.54, 1.807) is 18.5 Å². The van der Waals surface area contributed by atoms with Gasteiger partial charge in [0, 0.05) is 12.4 Å². The van der Waals surface area contributed by atoms with Gasteiger partial charge in [0.15, 0.2) is 0 Å². The van der Waals surface area contributed by atoms with E-state index >= 15 is 0 Å². The second-order valence-electron chi connectivity index (χ2n) is 2.67. The molecule has 0 N–H and O–H groups in total. The maximum absolute atomic E-state index is 6.00. The minimum atomic E-state index is 0.371. The predicted molar refractivity (Wildman–Crippen MR) is 57.5 cm³/mol. The SMILES string of the molecule is Clc1ccnc(Cl)c1-c1ccccn1. The molecule has 2 heterocycles. The predicted octanol–water partition coefficient (Wildman–Crippen LogP) is 3.45. The number of halogens is 2. The molecule has 0 aliphatic heterocycles. The van der Waals surface area contributed by atoms with Crippen molar-refractivity contribution in [1.29, 1.82) is 0 Å². The second kappa shape index (κ2) is 3.95. The van der Waals surface area contributed by atoms with Crippen LogP contribution in [0.3, 0.4) is 0 Å². The zero-order valence-electron chi connectivity index (χ0n) is 7.11. The minimum absolute atomic E-state index is 0.371. The van der Waals surface area contributed by atoms with E-state index in [1.165, 1.54) is 0 Å². The van der Waals surface area contributed by atoms with Crippen LogP contribution in [0.5, 0.6) is 0 Å². The minimum Gasteiger partial charge on any atom is -0.256 e. The van der Waals surface area contributed by atoms with Gasteiger partial charge in [-0.05, 0) is 18.2 Å². The highest BCUT2D eigenvalue weighted by atomic mass is 35.5. The molecule has 0 unspecified atom stereocenters. The van der Waals surface area contributed by atoms with Crippen molar-refractivity contribution in [2.45, 2.75) is 0 Å². The highest BCUT2D eigenvalue weighted by Crippen LogP contribution is 2.31. The van der Waals surface area contributed by atoms with Crippen LogP contribution in [-0.4, -0.2) is 9.97 Å². The van der Waals surface area contributed by atoms with Crippen LogP contribution in [0, 0.1) is 0 Å². The van der Waals surface area contributed by atoms with E-state index < -0.39 is 0 Å². The van der Waals surface area contributed by atoms with Gasteiger partial charge in [-0.25, -0.2) is 4.98 Å². The van der Waals surface area contributed by atoms with Crippen molar-refractivity contribution in [2.24, 2.45) is 0 Å². The molecule has 0 amide bonds. The summed E-state index contributed by atoms with van der Waals surface area (Å²) in [5, 5.41) is 0.930. The van der Waals surface area contributed by atoms with Crippen LogP contribution in [-0.2, 0) is 0 Å². The van der Waals surface area contributed by atoms with Crippen molar-refractivity contribution >= 4 is 23.2 Å². The van der Waals surface area contributed by atoms with Crippen LogP contribution in [0.2, 0.25) is 10.2 Å². The molecule has 0 aliphatic carbocycles. The molecule has 0 saturated carbocycles. The van der Waals surface area contributed by atoms with Crippen molar-refractivity contribution in [2.75, 3.05) is 0 Å². The van der Waals surface area contributed by atoms with Gasteiger partial charge >= 0.3 is 0 Å². The average Bonchev–Trinajstić information content (AvgIpc) is 2.19. The maximum Gasteiger partial charge on any atom is 0.139 e. The van der Waals surface area contributed by atoms with Crippen LogP contribution in [0.25, 0.3) is 11.3 Å². The normalized spacial score (nSPS) is 10.1. The molecule has 0 fully saturated rings. The summed E-state index contributed by atoms with van der Waals surface area (Å²) in [4.78, 5) is 8.12. The summed E-state index contributed by atoms with van der Waals surface area (Å²) in [6, 6.07) is 7.25. The Morgan fingerprint density at radius 1 is 0.929 bits per heavy atom. The van der Waals surface area contributed by atoms with Crippen LogP contribution < -0.4 is 0 Å². The first-order valence-electron chi connectivity index (χ1n) is 4.00. The Kier molecular flexibility index (Phi) is 2.66. The lowest BCUT2D eigenvalue weighted by Gasteiger charge is -2.03. The zero-order chi connectivity index (χ0) is 9.97. The first-order valence-corrected chi connectivity index (χ1v) is 4.76. The van der Waals surface area contributed by atoms with Crippen LogP contribution >= 0.6 is 23.2 Å².